The molecule has 0 saturated carbocycles. The average molecular weight is 242 g/mol. The number of carbonyl (C=O) groups is 1. The van der Waals surface area contributed by atoms with E-state index in [0.717, 1.165) is 12.1 Å². The maximum absolute atomic E-state index is 13.4. The van der Waals surface area contributed by atoms with Gasteiger partial charge < -0.3 is 5.11 Å². The molecule has 1 aromatic rings. The molecule has 1 unspecified atom stereocenters. The normalized spacial score (nSPS) is 12.8. The van der Waals surface area contributed by atoms with Gasteiger partial charge in [-0.3, -0.25) is 4.79 Å². The Morgan fingerprint density at radius 3 is 2.47 bits per heavy atom. The lowest BCUT2D eigenvalue weighted by atomic mass is 9.91. The van der Waals surface area contributed by atoms with Crippen LogP contribution in [0.3, 0.4) is 0 Å². The zero-order valence-electron chi connectivity index (χ0n) is 9.91. The zero-order chi connectivity index (χ0) is 13.0. The van der Waals surface area contributed by atoms with Crippen LogP contribution < -0.4 is 0 Å². The van der Waals surface area contributed by atoms with Crippen molar-refractivity contribution in [1.82, 2.24) is 0 Å². The van der Waals surface area contributed by atoms with Crippen molar-refractivity contribution >= 4 is 5.97 Å². The number of benzene rings is 1. The molecule has 0 aliphatic carbocycles. The molecule has 1 aromatic carbocycles. The highest BCUT2D eigenvalue weighted by Gasteiger charge is 2.20. The smallest absolute Gasteiger partial charge is 0.306 e. The summed E-state index contributed by atoms with van der Waals surface area (Å²) in [7, 11) is 0. The molecule has 0 aliphatic rings. The van der Waals surface area contributed by atoms with Gasteiger partial charge in [0.25, 0.3) is 0 Å². The minimum Gasteiger partial charge on any atom is -0.481 e. The predicted octanol–water partition coefficient (Wildman–Crippen LogP) is 3.25. The van der Waals surface area contributed by atoms with Crippen LogP contribution in [0, 0.1) is 23.5 Å². The van der Waals surface area contributed by atoms with Crippen molar-refractivity contribution in [1.29, 1.82) is 0 Å². The highest BCUT2D eigenvalue weighted by molar-refractivity contribution is 5.70. The van der Waals surface area contributed by atoms with E-state index in [9.17, 15) is 13.6 Å². The molecular weight excluding hydrogens is 226 g/mol. The quantitative estimate of drug-likeness (QED) is 0.860. The van der Waals surface area contributed by atoms with Crippen LogP contribution in [0.5, 0.6) is 0 Å². The van der Waals surface area contributed by atoms with Crippen molar-refractivity contribution in [3.05, 3.63) is 35.4 Å². The lowest BCUT2D eigenvalue weighted by Crippen LogP contribution is -2.19. The zero-order valence-corrected chi connectivity index (χ0v) is 9.91. The summed E-state index contributed by atoms with van der Waals surface area (Å²) in [4.78, 5) is 11.0. The first kappa shape index (κ1) is 13.6. The topological polar surface area (TPSA) is 37.3 Å². The summed E-state index contributed by atoms with van der Waals surface area (Å²) < 4.78 is 26.1. The molecule has 0 amide bonds. The lowest BCUT2D eigenvalue weighted by Gasteiger charge is -2.15. The van der Waals surface area contributed by atoms with Crippen LogP contribution in [0.15, 0.2) is 18.2 Å². The number of carboxylic acids is 1. The Bertz CT molecular complexity index is 402. The largest absolute Gasteiger partial charge is 0.481 e. The summed E-state index contributed by atoms with van der Waals surface area (Å²) in [6, 6.07) is 3.23. The molecule has 0 aliphatic heterocycles. The monoisotopic (exact) mass is 242 g/mol. The molecule has 1 N–H and O–H groups in total. The van der Waals surface area contributed by atoms with Crippen LogP contribution in [-0.4, -0.2) is 11.1 Å². The molecule has 0 saturated heterocycles. The van der Waals surface area contributed by atoms with Gasteiger partial charge >= 0.3 is 5.97 Å². The fourth-order valence-electron chi connectivity index (χ4n) is 1.79. The number of hydrogen-bond acceptors (Lipinski definition) is 1. The molecule has 0 spiro atoms. The maximum Gasteiger partial charge on any atom is 0.306 e. The molecule has 4 heteroatoms. The first-order valence-corrected chi connectivity index (χ1v) is 5.57. The molecular formula is C13H16F2O2. The Balaban J connectivity index is 2.82. The molecule has 17 heavy (non-hydrogen) atoms. The first-order chi connectivity index (χ1) is 7.90. The second-order valence-corrected chi connectivity index (χ2v) is 4.60. The molecule has 1 rings (SSSR count). The van der Waals surface area contributed by atoms with E-state index >= 15 is 0 Å². The SMILES string of the molecule is CC(C)CC(Cc1ccc(F)cc1F)C(=O)O. The van der Waals surface area contributed by atoms with Crippen molar-refractivity contribution in [2.24, 2.45) is 11.8 Å². The third-order valence-corrected chi connectivity index (χ3v) is 2.59. The van der Waals surface area contributed by atoms with Crippen LogP contribution in [0.2, 0.25) is 0 Å². The van der Waals surface area contributed by atoms with Crippen LogP contribution in [0.4, 0.5) is 8.78 Å². The molecule has 0 aromatic heterocycles. The van der Waals surface area contributed by atoms with Crippen molar-refractivity contribution in [3.63, 3.8) is 0 Å². The Kier molecular flexibility index (Phi) is 4.61. The Hall–Kier alpha value is -1.45. The standard InChI is InChI=1S/C13H16F2O2/c1-8(2)5-10(13(16)17)6-9-3-4-11(14)7-12(9)15/h3-4,7-8,10H,5-6H2,1-2H3,(H,16,17). The minimum atomic E-state index is -0.942. The minimum absolute atomic E-state index is 0.0969. The maximum atomic E-state index is 13.4. The lowest BCUT2D eigenvalue weighted by molar-refractivity contribution is -0.142. The molecule has 0 heterocycles. The summed E-state index contributed by atoms with van der Waals surface area (Å²) in [5, 5.41) is 9.03. The Labute approximate surface area is 99.3 Å². The number of hydrogen-bond donors (Lipinski definition) is 1. The van der Waals surface area contributed by atoms with Crippen molar-refractivity contribution in [2.45, 2.75) is 26.7 Å². The van der Waals surface area contributed by atoms with E-state index in [4.69, 9.17) is 5.11 Å². The summed E-state index contributed by atoms with van der Waals surface area (Å²) >= 11 is 0. The highest BCUT2D eigenvalue weighted by Crippen LogP contribution is 2.20. The fraction of sp³-hybridized carbons (Fsp3) is 0.462. The summed E-state index contributed by atoms with van der Waals surface area (Å²) in [6.07, 6.45) is 0.575. The summed E-state index contributed by atoms with van der Waals surface area (Å²) in [5.74, 6) is -2.68. The number of aliphatic carboxylic acids is 1. The van der Waals surface area contributed by atoms with E-state index in [0.29, 0.717) is 6.42 Å². The van der Waals surface area contributed by atoms with E-state index in [1.54, 1.807) is 0 Å². The Morgan fingerprint density at radius 1 is 1.35 bits per heavy atom. The van der Waals surface area contributed by atoms with Gasteiger partial charge in [0.2, 0.25) is 0 Å². The third kappa shape index (κ3) is 4.13. The van der Waals surface area contributed by atoms with Crippen molar-refractivity contribution in [2.75, 3.05) is 0 Å². The van der Waals surface area contributed by atoms with Crippen LogP contribution >= 0.6 is 0 Å². The molecule has 94 valence electrons. The van der Waals surface area contributed by atoms with Gasteiger partial charge in [0.05, 0.1) is 5.92 Å². The second kappa shape index (κ2) is 5.75. The number of carboxylic acid groups (broad SMARTS) is 1. The summed E-state index contributed by atoms with van der Waals surface area (Å²) in [6.45, 7) is 3.83. The van der Waals surface area contributed by atoms with Crippen molar-refractivity contribution < 1.29 is 18.7 Å². The third-order valence-electron chi connectivity index (χ3n) is 2.59. The van der Waals surface area contributed by atoms with Gasteiger partial charge in [-0.1, -0.05) is 19.9 Å². The average Bonchev–Trinajstić information content (AvgIpc) is 2.19. The fourth-order valence-corrected chi connectivity index (χ4v) is 1.79. The highest BCUT2D eigenvalue weighted by atomic mass is 19.1. The van der Waals surface area contributed by atoms with Gasteiger partial charge in [0.1, 0.15) is 11.6 Å². The summed E-state index contributed by atoms with van der Waals surface area (Å²) in [5.41, 5.74) is 0.249. The molecule has 0 bridgehead atoms. The molecule has 2 nitrogen and oxygen atoms in total. The van der Waals surface area contributed by atoms with E-state index in [2.05, 4.69) is 0 Å². The van der Waals surface area contributed by atoms with Crippen LogP contribution in [-0.2, 0) is 11.2 Å². The van der Waals surface area contributed by atoms with Gasteiger partial charge in [-0.2, -0.15) is 0 Å². The van der Waals surface area contributed by atoms with Gasteiger partial charge in [0, 0.05) is 6.07 Å². The van der Waals surface area contributed by atoms with Crippen LogP contribution in [0.25, 0.3) is 0 Å². The number of halogens is 2. The van der Waals surface area contributed by atoms with E-state index < -0.39 is 23.5 Å². The van der Waals surface area contributed by atoms with E-state index in [1.165, 1.54) is 6.07 Å². The molecule has 1 atom stereocenters. The number of rotatable bonds is 5. The van der Waals surface area contributed by atoms with Crippen molar-refractivity contribution in [3.8, 4) is 0 Å². The van der Waals surface area contributed by atoms with E-state index in [-0.39, 0.29) is 17.9 Å². The van der Waals surface area contributed by atoms with Crippen LogP contribution in [0.1, 0.15) is 25.8 Å². The Morgan fingerprint density at radius 2 is 2.00 bits per heavy atom. The first-order valence-electron chi connectivity index (χ1n) is 5.57. The van der Waals surface area contributed by atoms with E-state index in [1.807, 2.05) is 13.8 Å². The van der Waals surface area contributed by atoms with Gasteiger partial charge in [-0.25, -0.2) is 8.78 Å². The van der Waals surface area contributed by atoms with Gasteiger partial charge in [-0.15, -0.1) is 0 Å². The second-order valence-electron chi connectivity index (χ2n) is 4.60. The van der Waals surface area contributed by atoms with Gasteiger partial charge in [-0.05, 0) is 30.4 Å². The molecule has 0 fully saturated rings. The molecule has 0 radical (unpaired) electrons. The predicted molar refractivity (Wildman–Crippen MR) is 60.6 cm³/mol. The van der Waals surface area contributed by atoms with Gasteiger partial charge in [0.15, 0.2) is 0 Å².